The second-order valence-electron chi connectivity index (χ2n) is 9.27. The molecule has 3 aliphatic carbocycles. The first-order chi connectivity index (χ1) is 14.5. The molecule has 1 N–H and O–H groups in total. The molecule has 0 radical (unpaired) electrons. The van der Waals surface area contributed by atoms with E-state index in [0.29, 0.717) is 17.2 Å². The normalized spacial score (nSPS) is 32.9. The molecule has 4 aliphatic rings. The Kier molecular flexibility index (Phi) is 4.85. The predicted molar refractivity (Wildman–Crippen MR) is 111 cm³/mol. The average Bonchev–Trinajstić information content (AvgIpc) is 3.53. The summed E-state index contributed by atoms with van der Waals surface area (Å²) in [6.45, 7) is 1.74. The third-order valence-corrected chi connectivity index (χ3v) is 7.29. The van der Waals surface area contributed by atoms with Crippen LogP contribution >= 0.6 is 0 Å². The summed E-state index contributed by atoms with van der Waals surface area (Å²) in [5.74, 6) is 1.10. The van der Waals surface area contributed by atoms with E-state index in [0.717, 1.165) is 37.7 Å². The van der Waals surface area contributed by atoms with E-state index in [4.69, 9.17) is 14.3 Å². The first-order valence-corrected chi connectivity index (χ1v) is 11.1. The zero-order valence-electron chi connectivity index (χ0n) is 17.6. The minimum Gasteiger partial charge on any atom is -0.493 e. The van der Waals surface area contributed by atoms with Crippen LogP contribution in [0.2, 0.25) is 0 Å². The molecule has 1 heterocycles. The molecule has 30 heavy (non-hydrogen) atoms. The van der Waals surface area contributed by atoms with Gasteiger partial charge >= 0.3 is 0 Å². The number of ether oxygens (including phenoxy) is 2. The van der Waals surface area contributed by atoms with Crippen molar-refractivity contribution in [2.45, 2.75) is 63.6 Å². The minimum absolute atomic E-state index is 0.0715. The molecule has 1 aromatic rings. The van der Waals surface area contributed by atoms with E-state index in [2.05, 4.69) is 5.48 Å². The van der Waals surface area contributed by atoms with Crippen LogP contribution < -0.4 is 15.0 Å². The van der Waals surface area contributed by atoms with Gasteiger partial charge in [-0.1, -0.05) is 0 Å². The highest BCUT2D eigenvalue weighted by molar-refractivity contribution is 6.10. The maximum atomic E-state index is 13.3. The molecule has 6 nitrogen and oxygen atoms in total. The van der Waals surface area contributed by atoms with E-state index in [9.17, 15) is 9.59 Å². The standard InChI is InChI=1S/C24H29NO5/c1-24(23(27)21-15-7-8-16(11-15)22(21)26)13-18(25-30-24)14-9-10-19(28-2)20(12-14)29-17-5-3-4-6-17/h9-10,12-13,15-17,21,25H,3-8,11H2,1-2H3. The molecule has 1 aliphatic heterocycles. The Balaban J connectivity index is 1.39. The fourth-order valence-electron chi connectivity index (χ4n) is 5.60. The van der Waals surface area contributed by atoms with Crippen molar-refractivity contribution in [1.82, 2.24) is 5.48 Å². The SMILES string of the molecule is COc1ccc(C2=CC(C)(C(=O)C3C(=O)C4CCC3C4)ON2)cc1OC1CCCC1. The highest BCUT2D eigenvalue weighted by atomic mass is 16.7. The third-order valence-electron chi connectivity index (χ3n) is 7.29. The molecule has 3 saturated carbocycles. The molecular weight excluding hydrogens is 382 g/mol. The number of carbonyl (C=O) groups is 2. The molecule has 0 saturated heterocycles. The van der Waals surface area contributed by atoms with Gasteiger partial charge in [-0.3, -0.25) is 19.9 Å². The van der Waals surface area contributed by atoms with Crippen LogP contribution in [0.15, 0.2) is 24.3 Å². The fraction of sp³-hybridized carbons (Fsp3) is 0.583. The number of nitrogens with one attached hydrogen (secondary N) is 1. The molecule has 4 unspecified atom stereocenters. The number of hydrogen-bond donors (Lipinski definition) is 1. The van der Waals surface area contributed by atoms with Gasteiger partial charge in [-0.15, -0.1) is 0 Å². The van der Waals surface area contributed by atoms with Crippen LogP contribution in [0.4, 0.5) is 0 Å². The summed E-state index contributed by atoms with van der Waals surface area (Å²) in [4.78, 5) is 31.6. The molecular formula is C24H29NO5. The van der Waals surface area contributed by atoms with Crippen molar-refractivity contribution in [3.63, 3.8) is 0 Å². The van der Waals surface area contributed by atoms with Gasteiger partial charge in [0.05, 0.1) is 24.8 Å². The maximum absolute atomic E-state index is 13.3. The Hall–Kier alpha value is -2.34. The second-order valence-corrected chi connectivity index (χ2v) is 9.27. The van der Waals surface area contributed by atoms with Gasteiger partial charge in [0, 0.05) is 11.5 Å². The van der Waals surface area contributed by atoms with Crippen molar-refractivity contribution >= 4 is 17.3 Å². The van der Waals surface area contributed by atoms with Crippen LogP contribution in [0, 0.1) is 17.8 Å². The minimum atomic E-state index is -1.15. The monoisotopic (exact) mass is 411 g/mol. The van der Waals surface area contributed by atoms with Crippen molar-refractivity contribution < 1.29 is 23.9 Å². The highest BCUT2D eigenvalue weighted by Gasteiger charge is 2.55. The number of hydroxylamine groups is 1. The lowest BCUT2D eigenvalue weighted by Crippen LogP contribution is -2.44. The van der Waals surface area contributed by atoms with E-state index < -0.39 is 11.5 Å². The molecule has 3 fully saturated rings. The molecule has 0 amide bonds. The zero-order chi connectivity index (χ0) is 20.9. The summed E-state index contributed by atoms with van der Waals surface area (Å²) in [6, 6.07) is 5.72. The number of carbonyl (C=O) groups excluding carboxylic acids is 2. The fourth-order valence-corrected chi connectivity index (χ4v) is 5.60. The predicted octanol–water partition coefficient (Wildman–Crippen LogP) is 3.84. The topological polar surface area (TPSA) is 73.9 Å². The molecule has 5 rings (SSSR count). The van der Waals surface area contributed by atoms with Crippen molar-refractivity contribution in [3.05, 3.63) is 29.8 Å². The van der Waals surface area contributed by atoms with Gasteiger partial charge < -0.3 is 9.47 Å². The van der Waals surface area contributed by atoms with Crippen molar-refractivity contribution in [1.29, 1.82) is 0 Å². The van der Waals surface area contributed by atoms with E-state index in [1.807, 2.05) is 18.2 Å². The van der Waals surface area contributed by atoms with Crippen molar-refractivity contribution in [3.8, 4) is 11.5 Å². The zero-order valence-corrected chi connectivity index (χ0v) is 17.6. The van der Waals surface area contributed by atoms with E-state index in [1.165, 1.54) is 12.8 Å². The lowest BCUT2D eigenvalue weighted by atomic mass is 9.78. The van der Waals surface area contributed by atoms with Gasteiger partial charge in [-0.2, -0.15) is 0 Å². The molecule has 1 aromatic carbocycles. The van der Waals surface area contributed by atoms with Crippen molar-refractivity contribution in [2.24, 2.45) is 17.8 Å². The van der Waals surface area contributed by atoms with E-state index in [-0.39, 0.29) is 29.5 Å². The Bertz CT molecular complexity index is 903. The lowest BCUT2D eigenvalue weighted by molar-refractivity contribution is -0.149. The number of ketones is 2. The van der Waals surface area contributed by atoms with Gasteiger partial charge in [0.2, 0.25) is 0 Å². The summed E-state index contributed by atoms with van der Waals surface area (Å²) < 4.78 is 11.7. The Labute approximate surface area is 176 Å². The van der Waals surface area contributed by atoms with Crippen LogP contribution in [0.3, 0.4) is 0 Å². The first kappa shape index (κ1) is 19.6. The number of rotatable bonds is 6. The average molecular weight is 411 g/mol. The third kappa shape index (κ3) is 3.22. The number of fused-ring (bicyclic) bond motifs is 2. The van der Waals surface area contributed by atoms with Gasteiger partial charge in [0.1, 0.15) is 5.78 Å². The maximum Gasteiger partial charge on any atom is 0.181 e. The molecule has 6 heteroatoms. The number of methoxy groups -OCH3 is 1. The van der Waals surface area contributed by atoms with Crippen LogP contribution in [0.1, 0.15) is 57.4 Å². The van der Waals surface area contributed by atoms with Crippen LogP contribution in [-0.4, -0.2) is 30.4 Å². The highest BCUT2D eigenvalue weighted by Crippen LogP contribution is 2.48. The lowest BCUT2D eigenvalue weighted by Gasteiger charge is -2.26. The molecule has 2 bridgehead atoms. The molecule has 0 aromatic heterocycles. The quantitative estimate of drug-likeness (QED) is 0.717. The van der Waals surface area contributed by atoms with E-state index >= 15 is 0 Å². The Morgan fingerprint density at radius 3 is 2.67 bits per heavy atom. The molecule has 4 atom stereocenters. The summed E-state index contributed by atoms with van der Waals surface area (Å²) in [6.07, 6.45) is 9.26. The second kappa shape index (κ2) is 7.41. The van der Waals surface area contributed by atoms with Crippen molar-refractivity contribution in [2.75, 3.05) is 7.11 Å². The molecule has 0 spiro atoms. The van der Waals surface area contributed by atoms with Gasteiger partial charge in [-0.05, 0) is 82.1 Å². The Morgan fingerprint density at radius 2 is 1.97 bits per heavy atom. The first-order valence-electron chi connectivity index (χ1n) is 11.1. The van der Waals surface area contributed by atoms with Gasteiger partial charge in [0.25, 0.3) is 0 Å². The van der Waals surface area contributed by atoms with Gasteiger partial charge in [0.15, 0.2) is 22.9 Å². The van der Waals surface area contributed by atoms with Crippen LogP contribution in [0.5, 0.6) is 11.5 Å². The van der Waals surface area contributed by atoms with Crippen LogP contribution in [-0.2, 0) is 14.4 Å². The number of Topliss-reactive ketones (excluding diaryl/α,β-unsaturated/α-hetero) is 2. The summed E-state index contributed by atoms with van der Waals surface area (Å²) in [7, 11) is 1.63. The Morgan fingerprint density at radius 1 is 1.17 bits per heavy atom. The molecule has 160 valence electrons. The number of benzene rings is 1. The van der Waals surface area contributed by atoms with Gasteiger partial charge in [-0.25, -0.2) is 0 Å². The largest absolute Gasteiger partial charge is 0.493 e. The smallest absolute Gasteiger partial charge is 0.181 e. The summed E-state index contributed by atoms with van der Waals surface area (Å²) in [5, 5.41) is 0. The number of hydrogen-bond acceptors (Lipinski definition) is 6. The van der Waals surface area contributed by atoms with E-state index in [1.54, 1.807) is 20.1 Å². The summed E-state index contributed by atoms with van der Waals surface area (Å²) >= 11 is 0. The summed E-state index contributed by atoms with van der Waals surface area (Å²) in [5.41, 5.74) is 3.34. The van der Waals surface area contributed by atoms with Crippen LogP contribution in [0.25, 0.3) is 5.70 Å².